The van der Waals surface area contributed by atoms with E-state index in [1.54, 1.807) is 0 Å². The second-order valence-electron chi connectivity index (χ2n) is 7.00. The molecule has 2 rings (SSSR count). The molecule has 1 aromatic carbocycles. The van der Waals surface area contributed by atoms with Crippen molar-refractivity contribution in [1.82, 2.24) is 0 Å². The molecule has 0 heterocycles. The molecule has 0 aromatic heterocycles. The van der Waals surface area contributed by atoms with Crippen molar-refractivity contribution in [3.05, 3.63) is 47.2 Å². The summed E-state index contributed by atoms with van der Waals surface area (Å²) in [7, 11) is -0.0633. The molecule has 126 valence electrons. The summed E-state index contributed by atoms with van der Waals surface area (Å²) in [6.45, 7) is 6.56. The van der Waals surface area contributed by atoms with Gasteiger partial charge >= 0.3 is 12.1 Å². The summed E-state index contributed by atoms with van der Waals surface area (Å²) in [6.07, 6.45) is -2.31. The standard InChI is InChI=1S/C17H21F3O2Si/c1-22-16(21)15-13(9-10-23(2,3)4)14(15)11-5-7-12(8-6-11)17(18,19)20/h5-10,13-15H,1-4H3/b10-9+/t13-,14+,15+/m1/s1. The van der Waals surface area contributed by atoms with Crippen LogP contribution in [0.4, 0.5) is 13.2 Å². The van der Waals surface area contributed by atoms with E-state index in [4.69, 9.17) is 4.74 Å². The highest BCUT2D eigenvalue weighted by molar-refractivity contribution is 6.80. The fraction of sp³-hybridized carbons (Fsp3) is 0.471. The Labute approximate surface area is 135 Å². The maximum absolute atomic E-state index is 12.6. The molecule has 6 heteroatoms. The fourth-order valence-corrected chi connectivity index (χ4v) is 3.54. The van der Waals surface area contributed by atoms with E-state index in [0.717, 1.165) is 17.7 Å². The minimum Gasteiger partial charge on any atom is -0.469 e. The molecular formula is C17H21F3O2Si. The van der Waals surface area contributed by atoms with E-state index in [-0.39, 0.29) is 23.7 Å². The molecule has 0 radical (unpaired) electrons. The van der Waals surface area contributed by atoms with Gasteiger partial charge in [-0.05, 0) is 23.6 Å². The van der Waals surface area contributed by atoms with Crippen LogP contribution >= 0.6 is 0 Å². The van der Waals surface area contributed by atoms with E-state index in [2.05, 4.69) is 25.3 Å². The first-order valence-corrected chi connectivity index (χ1v) is 11.1. The third-order valence-electron chi connectivity index (χ3n) is 3.99. The molecule has 0 N–H and O–H groups in total. The zero-order valence-corrected chi connectivity index (χ0v) is 14.6. The first kappa shape index (κ1) is 17.8. The summed E-state index contributed by atoms with van der Waals surface area (Å²) in [5.41, 5.74) is 2.24. The largest absolute Gasteiger partial charge is 0.469 e. The molecule has 1 aliphatic carbocycles. The van der Waals surface area contributed by atoms with Crippen LogP contribution in [-0.4, -0.2) is 21.2 Å². The van der Waals surface area contributed by atoms with Crippen LogP contribution in [-0.2, 0) is 15.7 Å². The number of ether oxygens (including phenoxy) is 1. The smallest absolute Gasteiger partial charge is 0.416 e. The van der Waals surface area contributed by atoms with Gasteiger partial charge in [0.15, 0.2) is 0 Å². The summed E-state index contributed by atoms with van der Waals surface area (Å²) in [5, 5.41) is 0. The van der Waals surface area contributed by atoms with Crippen molar-refractivity contribution in [2.45, 2.75) is 31.7 Å². The van der Waals surface area contributed by atoms with E-state index in [1.807, 2.05) is 6.08 Å². The number of hydrogen-bond donors (Lipinski definition) is 0. The quantitative estimate of drug-likeness (QED) is 0.588. The topological polar surface area (TPSA) is 26.3 Å². The highest BCUT2D eigenvalue weighted by Gasteiger charge is 2.54. The number of carbonyl (C=O) groups excluding carboxylic acids is 1. The van der Waals surface area contributed by atoms with Crippen LogP contribution in [0.15, 0.2) is 36.0 Å². The number of alkyl halides is 3. The van der Waals surface area contributed by atoms with Crippen LogP contribution in [0.2, 0.25) is 19.6 Å². The number of rotatable bonds is 4. The summed E-state index contributed by atoms with van der Waals surface area (Å²) in [4.78, 5) is 11.9. The van der Waals surface area contributed by atoms with Gasteiger partial charge in [-0.25, -0.2) is 0 Å². The molecule has 0 amide bonds. The van der Waals surface area contributed by atoms with Crippen LogP contribution in [0.25, 0.3) is 0 Å². The highest BCUT2D eigenvalue weighted by atomic mass is 28.3. The highest BCUT2D eigenvalue weighted by Crippen LogP contribution is 2.55. The van der Waals surface area contributed by atoms with Crippen LogP contribution in [0.5, 0.6) is 0 Å². The van der Waals surface area contributed by atoms with Crippen LogP contribution < -0.4 is 0 Å². The van der Waals surface area contributed by atoms with E-state index in [9.17, 15) is 18.0 Å². The van der Waals surface area contributed by atoms with E-state index >= 15 is 0 Å². The molecule has 2 nitrogen and oxygen atoms in total. The fourth-order valence-electron chi connectivity index (χ4n) is 2.74. The predicted octanol–water partition coefficient (Wildman–Crippen LogP) is 4.64. The molecule has 0 aliphatic heterocycles. The molecule has 1 fully saturated rings. The Balaban J connectivity index is 2.22. The molecule has 3 atom stereocenters. The van der Waals surface area contributed by atoms with Crippen molar-refractivity contribution in [2.24, 2.45) is 11.8 Å². The Morgan fingerprint density at radius 2 is 1.74 bits per heavy atom. The first-order valence-electron chi connectivity index (χ1n) is 7.49. The third-order valence-corrected chi connectivity index (χ3v) is 5.18. The second-order valence-corrected chi connectivity index (χ2v) is 12.1. The number of methoxy groups -OCH3 is 1. The number of carbonyl (C=O) groups is 1. The lowest BCUT2D eigenvalue weighted by atomic mass is 10.1. The van der Waals surface area contributed by atoms with Crippen LogP contribution in [0, 0.1) is 11.8 Å². The van der Waals surface area contributed by atoms with Gasteiger partial charge in [0.2, 0.25) is 0 Å². The molecule has 0 bridgehead atoms. The van der Waals surface area contributed by atoms with E-state index in [0.29, 0.717) is 0 Å². The molecule has 0 saturated heterocycles. The summed E-state index contributed by atoms with van der Waals surface area (Å²) >= 11 is 0. The SMILES string of the molecule is COC(=O)[C@H]1[C@H](/C=C/[Si](C)(C)C)[C@@H]1c1ccc(C(F)(F)F)cc1. The van der Waals surface area contributed by atoms with Gasteiger partial charge in [0.1, 0.15) is 0 Å². The van der Waals surface area contributed by atoms with Gasteiger partial charge in [-0.2, -0.15) is 13.2 Å². The Hall–Kier alpha value is -1.56. The zero-order valence-electron chi connectivity index (χ0n) is 13.6. The van der Waals surface area contributed by atoms with Crippen molar-refractivity contribution in [3.8, 4) is 0 Å². The number of esters is 1. The number of hydrogen-bond acceptors (Lipinski definition) is 2. The normalized spacial score (nSPS) is 24.7. The Kier molecular flexibility index (Phi) is 4.75. The van der Waals surface area contributed by atoms with Gasteiger partial charge < -0.3 is 4.74 Å². The first-order chi connectivity index (χ1) is 10.5. The molecule has 0 spiro atoms. The van der Waals surface area contributed by atoms with Gasteiger partial charge in [-0.3, -0.25) is 4.79 Å². The zero-order chi connectivity index (χ0) is 17.4. The molecule has 1 saturated carbocycles. The Morgan fingerprint density at radius 3 is 2.17 bits per heavy atom. The molecule has 1 aromatic rings. The predicted molar refractivity (Wildman–Crippen MR) is 85.7 cm³/mol. The molecular weight excluding hydrogens is 321 g/mol. The number of benzene rings is 1. The molecule has 23 heavy (non-hydrogen) atoms. The summed E-state index contributed by atoms with van der Waals surface area (Å²) in [6, 6.07) is 5.07. The monoisotopic (exact) mass is 342 g/mol. The minimum absolute atomic E-state index is 0.00547. The lowest BCUT2D eigenvalue weighted by molar-refractivity contribution is -0.142. The van der Waals surface area contributed by atoms with E-state index in [1.165, 1.54) is 19.2 Å². The number of allylic oxidation sites excluding steroid dienone is 1. The molecule has 1 aliphatic rings. The van der Waals surface area contributed by atoms with Gasteiger partial charge in [-0.15, -0.1) is 0 Å². The maximum Gasteiger partial charge on any atom is 0.416 e. The summed E-state index contributed by atoms with van der Waals surface area (Å²) < 4.78 is 42.8. The van der Waals surface area contributed by atoms with Crippen LogP contribution in [0.3, 0.4) is 0 Å². The minimum atomic E-state index is -4.35. The van der Waals surface area contributed by atoms with Gasteiger partial charge in [0, 0.05) is 5.92 Å². The third kappa shape index (κ3) is 4.25. The van der Waals surface area contributed by atoms with Gasteiger partial charge in [-0.1, -0.05) is 43.5 Å². The maximum atomic E-state index is 12.6. The Bertz CT molecular complexity index is 600. The van der Waals surface area contributed by atoms with Gasteiger partial charge in [0.05, 0.1) is 26.7 Å². The second kappa shape index (κ2) is 6.15. The van der Waals surface area contributed by atoms with Gasteiger partial charge in [0.25, 0.3) is 0 Å². The lowest BCUT2D eigenvalue weighted by Crippen LogP contribution is -2.15. The van der Waals surface area contributed by atoms with Crippen molar-refractivity contribution < 1.29 is 22.7 Å². The van der Waals surface area contributed by atoms with Crippen molar-refractivity contribution in [3.63, 3.8) is 0 Å². The van der Waals surface area contributed by atoms with Crippen molar-refractivity contribution in [1.29, 1.82) is 0 Å². The number of halogens is 3. The molecule has 0 unspecified atom stereocenters. The van der Waals surface area contributed by atoms with E-state index < -0.39 is 19.8 Å². The average Bonchev–Trinajstić information content (AvgIpc) is 3.17. The lowest BCUT2D eigenvalue weighted by Gasteiger charge is -2.08. The summed E-state index contributed by atoms with van der Waals surface area (Å²) in [5.74, 6) is -0.701. The van der Waals surface area contributed by atoms with Crippen molar-refractivity contribution in [2.75, 3.05) is 7.11 Å². The van der Waals surface area contributed by atoms with Crippen molar-refractivity contribution >= 4 is 14.0 Å². The Morgan fingerprint density at radius 1 is 1.17 bits per heavy atom. The average molecular weight is 342 g/mol. The van der Waals surface area contributed by atoms with Crippen LogP contribution in [0.1, 0.15) is 17.0 Å².